The van der Waals surface area contributed by atoms with Crippen molar-refractivity contribution in [2.24, 2.45) is 0 Å². The molecule has 0 radical (unpaired) electrons. The molecule has 0 heterocycles. The van der Waals surface area contributed by atoms with E-state index in [1.54, 1.807) is 30.3 Å². The smallest absolute Gasteiger partial charge is 0.262 e. The van der Waals surface area contributed by atoms with Gasteiger partial charge in [0.2, 0.25) is 0 Å². The van der Waals surface area contributed by atoms with Crippen LogP contribution in [0.4, 0.5) is 5.69 Å². The highest BCUT2D eigenvalue weighted by Crippen LogP contribution is 2.27. The molecule has 0 saturated heterocycles. The highest BCUT2D eigenvalue weighted by molar-refractivity contribution is 9.10. The molecule has 0 aliphatic rings. The van der Waals surface area contributed by atoms with Crippen molar-refractivity contribution in [3.63, 3.8) is 0 Å². The summed E-state index contributed by atoms with van der Waals surface area (Å²) in [4.78, 5) is 0.0795. The molecule has 20 heavy (non-hydrogen) atoms. The van der Waals surface area contributed by atoms with E-state index in [-0.39, 0.29) is 11.5 Å². The van der Waals surface area contributed by atoms with Crippen molar-refractivity contribution in [1.29, 1.82) is 0 Å². The predicted molar refractivity (Wildman–Crippen MR) is 82.1 cm³/mol. The first-order valence-electron chi connectivity index (χ1n) is 5.92. The largest absolute Gasteiger partial charge is 0.392 e. The molecule has 0 aromatic heterocycles. The third-order valence-electron chi connectivity index (χ3n) is 2.80. The lowest BCUT2D eigenvalue weighted by molar-refractivity contribution is 0.278. The zero-order valence-electron chi connectivity index (χ0n) is 10.8. The van der Waals surface area contributed by atoms with Crippen LogP contribution in [0.15, 0.2) is 51.8 Å². The van der Waals surface area contributed by atoms with Crippen molar-refractivity contribution in [1.82, 2.24) is 0 Å². The average molecular weight is 356 g/mol. The summed E-state index contributed by atoms with van der Waals surface area (Å²) >= 11 is 3.31. The van der Waals surface area contributed by atoms with E-state index < -0.39 is 10.0 Å². The lowest BCUT2D eigenvalue weighted by atomic mass is 10.2. The Labute approximate surface area is 126 Å². The number of aryl methyl sites for hydroxylation is 1. The Morgan fingerprint density at radius 1 is 1.20 bits per heavy atom. The van der Waals surface area contributed by atoms with Crippen LogP contribution in [0.5, 0.6) is 0 Å². The Morgan fingerprint density at radius 3 is 2.60 bits per heavy atom. The molecule has 2 aromatic rings. The third-order valence-corrected chi connectivity index (χ3v) is 4.96. The van der Waals surface area contributed by atoms with Gasteiger partial charge in [-0.25, -0.2) is 8.42 Å². The van der Waals surface area contributed by atoms with E-state index in [2.05, 4.69) is 20.7 Å². The van der Waals surface area contributed by atoms with E-state index in [1.165, 1.54) is 6.07 Å². The number of aliphatic hydroxyl groups excluding tert-OH is 1. The minimum atomic E-state index is -3.74. The van der Waals surface area contributed by atoms with Gasteiger partial charge in [-0.3, -0.25) is 4.72 Å². The van der Waals surface area contributed by atoms with Crippen LogP contribution >= 0.6 is 15.9 Å². The Balaban J connectivity index is 2.43. The number of nitrogens with one attached hydrogen (secondary N) is 1. The van der Waals surface area contributed by atoms with Crippen molar-refractivity contribution in [3.8, 4) is 0 Å². The van der Waals surface area contributed by atoms with E-state index in [4.69, 9.17) is 0 Å². The Bertz CT molecular complexity index is 729. The number of hydrogen-bond donors (Lipinski definition) is 2. The summed E-state index contributed by atoms with van der Waals surface area (Å²) in [5, 5.41) is 9.25. The molecule has 0 aliphatic heterocycles. The second-order valence-corrected chi connectivity index (χ2v) is 6.86. The quantitative estimate of drug-likeness (QED) is 0.885. The molecule has 4 nitrogen and oxygen atoms in total. The fraction of sp³-hybridized carbons (Fsp3) is 0.143. The molecule has 0 aliphatic carbocycles. The van der Waals surface area contributed by atoms with Crippen molar-refractivity contribution in [2.75, 3.05) is 4.72 Å². The van der Waals surface area contributed by atoms with Gasteiger partial charge in [0, 0.05) is 4.47 Å². The van der Waals surface area contributed by atoms with Crippen LogP contribution in [-0.4, -0.2) is 13.5 Å². The summed E-state index contributed by atoms with van der Waals surface area (Å²) < 4.78 is 28.0. The number of benzene rings is 2. The number of rotatable bonds is 4. The predicted octanol–water partition coefficient (Wildman–Crippen LogP) is 3.05. The molecular weight excluding hydrogens is 342 g/mol. The molecule has 0 bridgehead atoms. The van der Waals surface area contributed by atoms with Crippen LogP contribution in [-0.2, 0) is 16.6 Å². The topological polar surface area (TPSA) is 66.4 Å². The molecule has 0 fully saturated rings. The average Bonchev–Trinajstić information content (AvgIpc) is 2.42. The lowest BCUT2D eigenvalue weighted by Crippen LogP contribution is -2.15. The molecule has 2 rings (SSSR count). The lowest BCUT2D eigenvalue weighted by Gasteiger charge is -2.12. The van der Waals surface area contributed by atoms with Gasteiger partial charge in [0.15, 0.2) is 0 Å². The van der Waals surface area contributed by atoms with Crippen LogP contribution in [0.25, 0.3) is 0 Å². The summed E-state index contributed by atoms with van der Waals surface area (Å²) in [6.07, 6.45) is 0. The molecule has 6 heteroatoms. The normalized spacial score (nSPS) is 11.3. The molecule has 0 amide bonds. The van der Waals surface area contributed by atoms with Crippen molar-refractivity contribution in [2.45, 2.75) is 18.4 Å². The van der Waals surface area contributed by atoms with E-state index >= 15 is 0 Å². The number of hydrogen-bond acceptors (Lipinski definition) is 3. The van der Waals surface area contributed by atoms with Gasteiger partial charge >= 0.3 is 0 Å². The van der Waals surface area contributed by atoms with Gasteiger partial charge in [-0.15, -0.1) is 0 Å². The van der Waals surface area contributed by atoms with Crippen LogP contribution in [0.2, 0.25) is 0 Å². The molecule has 0 saturated carbocycles. The zero-order chi connectivity index (χ0) is 14.8. The number of anilines is 1. The second-order valence-electron chi connectivity index (χ2n) is 4.35. The zero-order valence-corrected chi connectivity index (χ0v) is 13.2. The minimum absolute atomic E-state index is 0.0795. The fourth-order valence-corrected chi connectivity index (χ4v) is 3.59. The van der Waals surface area contributed by atoms with Gasteiger partial charge < -0.3 is 5.11 Å². The monoisotopic (exact) mass is 355 g/mol. The second kappa shape index (κ2) is 5.95. The van der Waals surface area contributed by atoms with Gasteiger partial charge in [-0.05, 0) is 52.2 Å². The molecule has 0 spiro atoms. The van der Waals surface area contributed by atoms with E-state index in [1.807, 2.05) is 13.0 Å². The number of halogens is 1. The minimum Gasteiger partial charge on any atom is -0.392 e. The van der Waals surface area contributed by atoms with Crippen molar-refractivity contribution in [3.05, 3.63) is 58.1 Å². The van der Waals surface area contributed by atoms with E-state index in [9.17, 15) is 13.5 Å². The first-order chi connectivity index (χ1) is 9.44. The molecule has 0 unspecified atom stereocenters. The van der Waals surface area contributed by atoms with Gasteiger partial charge in [0.05, 0.1) is 17.2 Å². The maximum atomic E-state index is 12.4. The van der Waals surface area contributed by atoms with Crippen molar-refractivity contribution < 1.29 is 13.5 Å². The summed E-state index contributed by atoms with van der Waals surface area (Å²) in [7, 11) is -3.74. The van der Waals surface area contributed by atoms with E-state index in [0.29, 0.717) is 15.7 Å². The maximum Gasteiger partial charge on any atom is 0.262 e. The molecule has 2 aromatic carbocycles. The first-order valence-corrected chi connectivity index (χ1v) is 8.19. The SMILES string of the molecule is Cc1ccc(Br)c(NS(=O)(=O)c2ccccc2CO)c1. The Hall–Kier alpha value is -1.37. The van der Waals surface area contributed by atoms with Crippen LogP contribution in [0.1, 0.15) is 11.1 Å². The van der Waals surface area contributed by atoms with E-state index in [0.717, 1.165) is 5.56 Å². The summed E-state index contributed by atoms with van der Waals surface area (Å²) in [5.41, 5.74) is 1.78. The van der Waals surface area contributed by atoms with Gasteiger partial charge in [-0.2, -0.15) is 0 Å². The van der Waals surface area contributed by atoms with Crippen molar-refractivity contribution >= 4 is 31.6 Å². The highest BCUT2D eigenvalue weighted by atomic mass is 79.9. The molecule has 106 valence electrons. The first kappa shape index (κ1) is 15.0. The Kier molecular flexibility index (Phi) is 4.47. The fourth-order valence-electron chi connectivity index (χ4n) is 1.81. The van der Waals surface area contributed by atoms with Gasteiger partial charge in [0.25, 0.3) is 10.0 Å². The summed E-state index contributed by atoms with van der Waals surface area (Å²) in [6, 6.07) is 11.8. The van der Waals surface area contributed by atoms with Gasteiger partial charge in [0.1, 0.15) is 0 Å². The third kappa shape index (κ3) is 3.20. The summed E-state index contributed by atoms with van der Waals surface area (Å²) in [6.45, 7) is 1.55. The van der Waals surface area contributed by atoms with Gasteiger partial charge in [-0.1, -0.05) is 24.3 Å². The highest BCUT2D eigenvalue weighted by Gasteiger charge is 2.18. The molecule has 0 atom stereocenters. The summed E-state index contributed by atoms with van der Waals surface area (Å²) in [5.74, 6) is 0. The number of sulfonamides is 1. The molecular formula is C14H14BrNO3S. The number of aliphatic hydroxyl groups is 1. The standard InChI is InChI=1S/C14H14BrNO3S/c1-10-6-7-12(15)13(8-10)16-20(18,19)14-5-3-2-4-11(14)9-17/h2-8,16-17H,9H2,1H3. The molecule has 2 N–H and O–H groups in total. The van der Waals surface area contributed by atoms with Crippen LogP contribution < -0.4 is 4.72 Å². The Morgan fingerprint density at radius 2 is 1.90 bits per heavy atom. The van der Waals surface area contributed by atoms with Crippen LogP contribution in [0.3, 0.4) is 0 Å². The maximum absolute atomic E-state index is 12.4. The van der Waals surface area contributed by atoms with Crippen LogP contribution in [0, 0.1) is 6.92 Å².